The molecule has 21 heavy (non-hydrogen) atoms. The normalized spacial score (nSPS) is 21.4. The van der Waals surface area contributed by atoms with Gasteiger partial charge in [0.05, 0.1) is 6.10 Å². The molecular weight excluding hydrogens is 290 g/mol. The third kappa shape index (κ3) is 3.75. The Morgan fingerprint density at radius 3 is 2.86 bits per heavy atom. The van der Waals surface area contributed by atoms with Gasteiger partial charge in [-0.05, 0) is 13.3 Å². The third-order valence-corrected chi connectivity index (χ3v) is 4.19. The van der Waals surface area contributed by atoms with Gasteiger partial charge in [0.25, 0.3) is 0 Å². The number of halogens is 1. The lowest BCUT2D eigenvalue weighted by Crippen LogP contribution is -2.54. The molecule has 2 N–H and O–H groups in total. The zero-order valence-electron chi connectivity index (χ0n) is 12.9. The highest BCUT2D eigenvalue weighted by Crippen LogP contribution is 2.30. The summed E-state index contributed by atoms with van der Waals surface area (Å²) in [6.45, 7) is 7.39. The smallest absolute Gasteiger partial charge is 0.157 e. The summed E-state index contributed by atoms with van der Waals surface area (Å²) in [5, 5.41) is 13.1. The number of hydrogen-bond acceptors (Lipinski definition) is 6. The van der Waals surface area contributed by atoms with Crippen LogP contribution in [-0.4, -0.2) is 65.3 Å². The van der Waals surface area contributed by atoms with Crippen molar-refractivity contribution in [2.75, 3.05) is 43.4 Å². The fourth-order valence-corrected chi connectivity index (χ4v) is 3.09. The van der Waals surface area contributed by atoms with Gasteiger partial charge in [-0.25, -0.2) is 9.97 Å². The molecule has 2 atom stereocenters. The monoisotopic (exact) mass is 313 g/mol. The number of nitrogens with one attached hydrogen (secondary N) is 1. The van der Waals surface area contributed by atoms with Gasteiger partial charge in [0, 0.05) is 39.3 Å². The average molecular weight is 314 g/mol. The minimum atomic E-state index is -0.299. The van der Waals surface area contributed by atoms with Crippen LogP contribution >= 0.6 is 11.6 Å². The average Bonchev–Trinajstić information content (AvgIpc) is 2.47. The second-order valence-corrected chi connectivity index (χ2v) is 5.82. The molecule has 1 saturated heterocycles. The van der Waals surface area contributed by atoms with Crippen molar-refractivity contribution < 1.29 is 5.11 Å². The summed E-state index contributed by atoms with van der Waals surface area (Å²) in [5.41, 5.74) is 0.776. The third-order valence-electron chi connectivity index (χ3n) is 3.91. The molecule has 118 valence electrons. The van der Waals surface area contributed by atoms with Gasteiger partial charge in [-0.15, -0.1) is 0 Å². The number of aliphatic hydroxyl groups is 1. The molecule has 0 aliphatic carbocycles. The quantitative estimate of drug-likeness (QED) is 0.802. The maximum atomic E-state index is 9.62. The van der Waals surface area contributed by atoms with Crippen LogP contribution in [0.1, 0.15) is 20.3 Å². The number of aliphatic hydroxyl groups excluding tert-OH is 1. The molecule has 0 saturated carbocycles. The van der Waals surface area contributed by atoms with E-state index in [1.807, 2.05) is 14.0 Å². The number of rotatable bonds is 5. The lowest BCUT2D eigenvalue weighted by Gasteiger charge is -2.42. The Morgan fingerprint density at radius 2 is 2.24 bits per heavy atom. The Kier molecular flexibility index (Phi) is 5.61. The molecule has 1 aliphatic rings. The first-order valence-corrected chi connectivity index (χ1v) is 7.79. The Morgan fingerprint density at radius 1 is 1.48 bits per heavy atom. The van der Waals surface area contributed by atoms with Crippen LogP contribution in [0.4, 0.5) is 11.5 Å². The van der Waals surface area contributed by atoms with Crippen LogP contribution in [-0.2, 0) is 0 Å². The molecule has 2 heterocycles. The van der Waals surface area contributed by atoms with Crippen LogP contribution in [0.3, 0.4) is 0 Å². The summed E-state index contributed by atoms with van der Waals surface area (Å²) < 4.78 is 0. The molecule has 2 rings (SSSR count). The largest absolute Gasteiger partial charge is 0.392 e. The number of piperazine rings is 1. The minimum Gasteiger partial charge on any atom is -0.392 e. The second-order valence-electron chi connectivity index (χ2n) is 5.47. The van der Waals surface area contributed by atoms with E-state index in [2.05, 4.69) is 32.0 Å². The van der Waals surface area contributed by atoms with Crippen LogP contribution in [0.25, 0.3) is 0 Å². The molecule has 1 aromatic rings. The molecule has 0 bridgehead atoms. The van der Waals surface area contributed by atoms with Crippen molar-refractivity contribution in [3.8, 4) is 0 Å². The van der Waals surface area contributed by atoms with E-state index >= 15 is 0 Å². The fraction of sp³-hybridized carbons (Fsp3) is 0.714. The van der Waals surface area contributed by atoms with E-state index in [0.29, 0.717) is 11.2 Å². The van der Waals surface area contributed by atoms with Crippen LogP contribution in [0.5, 0.6) is 0 Å². The van der Waals surface area contributed by atoms with Crippen LogP contribution < -0.4 is 10.2 Å². The number of anilines is 2. The standard InChI is InChI=1S/C14H24ClN5O/c1-4-11-8-20(6-5-19(11)7-10(2)21)14-12(16-3)13(15)17-9-18-14/h9-11,16,21H,4-8H2,1-3H3. The lowest BCUT2D eigenvalue weighted by molar-refractivity contribution is 0.0884. The lowest BCUT2D eigenvalue weighted by atomic mass is 10.1. The number of hydrogen-bond donors (Lipinski definition) is 2. The molecule has 6 nitrogen and oxygen atoms in total. The summed E-state index contributed by atoms with van der Waals surface area (Å²) in [5.74, 6) is 0.854. The van der Waals surface area contributed by atoms with E-state index < -0.39 is 0 Å². The molecule has 1 aromatic heterocycles. The first kappa shape index (κ1) is 16.3. The van der Waals surface area contributed by atoms with Crippen molar-refractivity contribution in [3.05, 3.63) is 11.5 Å². The fourth-order valence-electron chi connectivity index (χ4n) is 2.86. The zero-order valence-corrected chi connectivity index (χ0v) is 13.6. The van der Waals surface area contributed by atoms with E-state index in [0.717, 1.165) is 44.1 Å². The van der Waals surface area contributed by atoms with Gasteiger partial charge in [-0.1, -0.05) is 18.5 Å². The Balaban J connectivity index is 2.15. The van der Waals surface area contributed by atoms with Crippen molar-refractivity contribution in [3.63, 3.8) is 0 Å². The van der Waals surface area contributed by atoms with Crippen molar-refractivity contribution in [1.82, 2.24) is 14.9 Å². The predicted molar refractivity (Wildman–Crippen MR) is 86.1 cm³/mol. The summed E-state index contributed by atoms with van der Waals surface area (Å²) in [6, 6.07) is 0.409. The van der Waals surface area contributed by atoms with Gasteiger partial charge >= 0.3 is 0 Å². The first-order chi connectivity index (χ1) is 10.1. The van der Waals surface area contributed by atoms with Crippen LogP contribution in [0.15, 0.2) is 6.33 Å². The molecule has 0 spiro atoms. The molecule has 7 heteroatoms. The minimum absolute atomic E-state index is 0.299. The summed E-state index contributed by atoms with van der Waals surface area (Å²) >= 11 is 6.13. The van der Waals surface area contributed by atoms with E-state index in [1.54, 1.807) is 0 Å². The maximum Gasteiger partial charge on any atom is 0.157 e. The van der Waals surface area contributed by atoms with Gasteiger partial charge < -0.3 is 15.3 Å². The number of β-amino-alcohol motifs (C(OH)–C–C–N with tert-alkyl or cyclic N) is 1. The summed E-state index contributed by atoms with van der Waals surface area (Å²) in [4.78, 5) is 13.0. The van der Waals surface area contributed by atoms with Crippen molar-refractivity contribution >= 4 is 23.1 Å². The highest BCUT2D eigenvalue weighted by molar-refractivity contribution is 6.32. The van der Waals surface area contributed by atoms with Crippen molar-refractivity contribution in [1.29, 1.82) is 0 Å². The molecular formula is C14H24ClN5O. The molecule has 1 fully saturated rings. The number of nitrogens with zero attached hydrogens (tertiary/aromatic N) is 4. The number of aromatic nitrogens is 2. The van der Waals surface area contributed by atoms with Crippen LogP contribution in [0, 0.1) is 0 Å². The first-order valence-electron chi connectivity index (χ1n) is 7.42. The Hall–Kier alpha value is -1.11. The van der Waals surface area contributed by atoms with E-state index in [9.17, 15) is 5.11 Å². The topological polar surface area (TPSA) is 64.5 Å². The highest BCUT2D eigenvalue weighted by atomic mass is 35.5. The summed E-state index contributed by atoms with van der Waals surface area (Å²) in [7, 11) is 1.83. The molecule has 1 aliphatic heterocycles. The van der Waals surface area contributed by atoms with E-state index in [1.165, 1.54) is 6.33 Å². The van der Waals surface area contributed by atoms with E-state index in [-0.39, 0.29) is 6.10 Å². The Labute approximate surface area is 131 Å². The molecule has 0 amide bonds. The van der Waals surface area contributed by atoms with Crippen molar-refractivity contribution in [2.45, 2.75) is 32.4 Å². The second kappa shape index (κ2) is 7.24. The summed E-state index contributed by atoms with van der Waals surface area (Å²) in [6.07, 6.45) is 2.24. The molecule has 0 radical (unpaired) electrons. The van der Waals surface area contributed by atoms with Crippen LogP contribution in [0.2, 0.25) is 5.15 Å². The van der Waals surface area contributed by atoms with Gasteiger partial charge in [0.2, 0.25) is 0 Å². The Bertz CT molecular complexity index is 471. The van der Waals surface area contributed by atoms with E-state index in [4.69, 9.17) is 11.6 Å². The van der Waals surface area contributed by atoms with Gasteiger partial charge in [-0.2, -0.15) is 0 Å². The SMILES string of the molecule is CCC1CN(c2ncnc(Cl)c2NC)CCN1CC(C)O. The highest BCUT2D eigenvalue weighted by Gasteiger charge is 2.28. The maximum absolute atomic E-state index is 9.62. The van der Waals surface area contributed by atoms with Crippen molar-refractivity contribution in [2.24, 2.45) is 0 Å². The zero-order chi connectivity index (χ0) is 15.4. The molecule has 2 unspecified atom stereocenters. The predicted octanol–water partition coefficient (Wildman–Crippen LogP) is 1.45. The van der Waals surface area contributed by atoms with Gasteiger partial charge in [-0.3, -0.25) is 4.90 Å². The van der Waals surface area contributed by atoms with Gasteiger partial charge in [0.1, 0.15) is 12.0 Å². The van der Waals surface area contributed by atoms with Gasteiger partial charge in [0.15, 0.2) is 11.0 Å². The molecule has 0 aromatic carbocycles.